The highest BCUT2D eigenvalue weighted by atomic mass is 19.1. The van der Waals surface area contributed by atoms with Gasteiger partial charge in [0, 0.05) is 11.1 Å². The number of nitrogens with zero attached hydrogens (tertiary/aromatic N) is 1. The molecule has 0 aliphatic rings. The molecule has 1 N–H and O–H groups in total. The Morgan fingerprint density at radius 1 is 1.30 bits per heavy atom. The van der Waals surface area contributed by atoms with Gasteiger partial charge in [-0.2, -0.15) is 5.26 Å². The molecule has 1 atom stereocenters. The first-order valence-corrected chi connectivity index (χ1v) is 6.20. The first kappa shape index (κ1) is 14.0. The first-order chi connectivity index (χ1) is 9.61. The lowest BCUT2D eigenvalue weighted by Gasteiger charge is -2.13. The van der Waals surface area contributed by atoms with Crippen LogP contribution in [0.5, 0.6) is 5.75 Å². The number of rotatable bonds is 4. The summed E-state index contributed by atoms with van der Waals surface area (Å²) in [4.78, 5) is 0. The van der Waals surface area contributed by atoms with Crippen molar-refractivity contribution in [2.75, 3.05) is 0 Å². The lowest BCUT2D eigenvalue weighted by atomic mass is 10.1. The lowest BCUT2D eigenvalue weighted by Crippen LogP contribution is -2.02. The van der Waals surface area contributed by atoms with E-state index in [1.807, 2.05) is 6.07 Å². The van der Waals surface area contributed by atoms with Crippen LogP contribution in [0.25, 0.3) is 0 Å². The van der Waals surface area contributed by atoms with Crippen molar-refractivity contribution in [1.82, 2.24) is 0 Å². The summed E-state index contributed by atoms with van der Waals surface area (Å²) >= 11 is 0. The second-order valence-corrected chi connectivity index (χ2v) is 4.42. The molecule has 0 saturated heterocycles. The Kier molecular flexibility index (Phi) is 4.34. The summed E-state index contributed by atoms with van der Waals surface area (Å²) in [5, 5.41) is 18.5. The third kappa shape index (κ3) is 3.14. The van der Waals surface area contributed by atoms with Gasteiger partial charge in [0.05, 0.1) is 17.7 Å². The van der Waals surface area contributed by atoms with E-state index < -0.39 is 11.9 Å². The van der Waals surface area contributed by atoms with Crippen LogP contribution < -0.4 is 4.74 Å². The van der Waals surface area contributed by atoms with Gasteiger partial charge in [-0.05, 0) is 31.2 Å². The normalized spacial score (nSPS) is 11.7. The van der Waals surface area contributed by atoms with Gasteiger partial charge in [0.1, 0.15) is 18.2 Å². The second-order valence-electron chi connectivity index (χ2n) is 4.42. The molecule has 2 aromatic rings. The minimum Gasteiger partial charge on any atom is -0.488 e. The van der Waals surface area contributed by atoms with Crippen molar-refractivity contribution in [1.29, 1.82) is 5.26 Å². The molecule has 0 saturated carbocycles. The summed E-state index contributed by atoms with van der Waals surface area (Å²) in [6.45, 7) is 1.64. The molecule has 1 unspecified atom stereocenters. The molecule has 0 fully saturated rings. The number of hydrogen-bond donors (Lipinski definition) is 1. The Morgan fingerprint density at radius 2 is 2.05 bits per heavy atom. The molecular formula is C16H14FNO2. The molecule has 0 spiro atoms. The molecule has 4 heteroatoms. The Balaban J connectivity index is 2.19. The number of para-hydroxylation sites is 1. The average molecular weight is 271 g/mol. The number of nitriles is 1. The Morgan fingerprint density at radius 3 is 2.75 bits per heavy atom. The third-order valence-electron chi connectivity index (χ3n) is 2.93. The van der Waals surface area contributed by atoms with Gasteiger partial charge in [0.25, 0.3) is 0 Å². The maximum Gasteiger partial charge on any atom is 0.129 e. The minimum atomic E-state index is -0.665. The van der Waals surface area contributed by atoms with Crippen molar-refractivity contribution < 1.29 is 14.2 Å². The quantitative estimate of drug-likeness (QED) is 0.928. The Hall–Kier alpha value is -2.38. The van der Waals surface area contributed by atoms with E-state index in [9.17, 15) is 9.50 Å². The van der Waals surface area contributed by atoms with Crippen LogP contribution in [0.2, 0.25) is 0 Å². The molecule has 2 aromatic carbocycles. The third-order valence-corrected chi connectivity index (χ3v) is 2.93. The molecule has 102 valence electrons. The highest BCUT2D eigenvalue weighted by molar-refractivity contribution is 5.36. The predicted octanol–water partition coefficient (Wildman–Crippen LogP) is 3.33. The highest BCUT2D eigenvalue weighted by Crippen LogP contribution is 2.25. The second kappa shape index (κ2) is 6.18. The molecule has 0 aromatic heterocycles. The van der Waals surface area contributed by atoms with E-state index in [1.54, 1.807) is 31.2 Å². The van der Waals surface area contributed by atoms with Crippen LogP contribution in [-0.2, 0) is 6.61 Å². The van der Waals surface area contributed by atoms with Gasteiger partial charge in [-0.15, -0.1) is 0 Å². The van der Waals surface area contributed by atoms with Gasteiger partial charge in [0.15, 0.2) is 0 Å². The number of hydrogen-bond acceptors (Lipinski definition) is 3. The van der Waals surface area contributed by atoms with Crippen molar-refractivity contribution in [2.24, 2.45) is 0 Å². The molecule has 0 radical (unpaired) electrons. The molecule has 20 heavy (non-hydrogen) atoms. The van der Waals surface area contributed by atoms with Crippen molar-refractivity contribution in [2.45, 2.75) is 19.6 Å². The first-order valence-electron chi connectivity index (χ1n) is 6.20. The monoisotopic (exact) mass is 271 g/mol. The smallest absolute Gasteiger partial charge is 0.129 e. The highest BCUT2D eigenvalue weighted by Gasteiger charge is 2.10. The largest absolute Gasteiger partial charge is 0.488 e. The molecule has 0 heterocycles. The van der Waals surface area contributed by atoms with E-state index in [2.05, 4.69) is 0 Å². The Bertz CT molecular complexity index is 647. The summed E-state index contributed by atoms with van der Waals surface area (Å²) in [7, 11) is 0. The molecule has 2 rings (SSSR count). The fourth-order valence-electron chi connectivity index (χ4n) is 1.87. The summed E-state index contributed by atoms with van der Waals surface area (Å²) < 4.78 is 19.2. The molecule has 3 nitrogen and oxygen atoms in total. The molecule has 0 amide bonds. The van der Waals surface area contributed by atoms with Crippen LogP contribution in [0.1, 0.15) is 29.7 Å². The number of ether oxygens (including phenoxy) is 1. The van der Waals surface area contributed by atoms with E-state index >= 15 is 0 Å². The minimum absolute atomic E-state index is 0.00505. The van der Waals surface area contributed by atoms with Crippen LogP contribution in [0.15, 0.2) is 42.5 Å². The average Bonchev–Trinajstić information content (AvgIpc) is 2.46. The van der Waals surface area contributed by atoms with Crippen LogP contribution in [0.3, 0.4) is 0 Å². The zero-order chi connectivity index (χ0) is 14.5. The van der Waals surface area contributed by atoms with Gasteiger partial charge in [0.2, 0.25) is 0 Å². The van der Waals surface area contributed by atoms with E-state index in [1.165, 1.54) is 18.2 Å². The molecule has 0 bridgehead atoms. The van der Waals surface area contributed by atoms with Crippen molar-refractivity contribution in [3.05, 3.63) is 65.0 Å². The van der Waals surface area contributed by atoms with Crippen LogP contribution >= 0.6 is 0 Å². The zero-order valence-electron chi connectivity index (χ0n) is 11.0. The van der Waals surface area contributed by atoms with Gasteiger partial charge in [-0.25, -0.2) is 4.39 Å². The van der Waals surface area contributed by atoms with Crippen molar-refractivity contribution in [3.8, 4) is 11.8 Å². The molecular weight excluding hydrogens is 257 g/mol. The Labute approximate surface area is 116 Å². The van der Waals surface area contributed by atoms with Crippen molar-refractivity contribution >= 4 is 0 Å². The van der Waals surface area contributed by atoms with Gasteiger partial charge < -0.3 is 9.84 Å². The number of benzene rings is 2. The van der Waals surface area contributed by atoms with E-state index in [0.29, 0.717) is 22.4 Å². The van der Waals surface area contributed by atoms with E-state index in [0.717, 1.165) is 0 Å². The van der Waals surface area contributed by atoms with Crippen LogP contribution in [-0.4, -0.2) is 5.11 Å². The van der Waals surface area contributed by atoms with Gasteiger partial charge >= 0.3 is 0 Å². The number of aliphatic hydroxyl groups is 1. The topological polar surface area (TPSA) is 53.2 Å². The molecule has 0 aliphatic carbocycles. The van der Waals surface area contributed by atoms with E-state index in [-0.39, 0.29) is 6.61 Å². The van der Waals surface area contributed by atoms with Gasteiger partial charge in [-0.3, -0.25) is 0 Å². The maximum atomic E-state index is 13.6. The number of halogens is 1. The fourth-order valence-corrected chi connectivity index (χ4v) is 1.87. The standard InChI is InChI=1S/C16H14FNO2/c1-11(19)14-4-2-3-5-16(14)20-10-13-8-12(9-18)6-7-15(13)17/h2-8,11,19H,10H2,1H3. The van der Waals surface area contributed by atoms with E-state index in [4.69, 9.17) is 10.00 Å². The zero-order valence-corrected chi connectivity index (χ0v) is 11.0. The SMILES string of the molecule is CC(O)c1ccccc1OCc1cc(C#N)ccc1F. The summed E-state index contributed by atoms with van der Waals surface area (Å²) in [6, 6.07) is 13.1. The van der Waals surface area contributed by atoms with Gasteiger partial charge in [-0.1, -0.05) is 18.2 Å². The summed E-state index contributed by atoms with van der Waals surface area (Å²) in [5.41, 5.74) is 1.34. The predicted molar refractivity (Wildman–Crippen MR) is 72.5 cm³/mol. The maximum absolute atomic E-state index is 13.6. The summed E-state index contributed by atoms with van der Waals surface area (Å²) in [6.07, 6.45) is -0.665. The van der Waals surface area contributed by atoms with Crippen molar-refractivity contribution in [3.63, 3.8) is 0 Å². The molecule has 0 aliphatic heterocycles. The van der Waals surface area contributed by atoms with Crippen LogP contribution in [0.4, 0.5) is 4.39 Å². The van der Waals surface area contributed by atoms with Crippen LogP contribution in [0, 0.1) is 17.1 Å². The lowest BCUT2D eigenvalue weighted by molar-refractivity contribution is 0.190. The fraction of sp³-hybridized carbons (Fsp3) is 0.188. The number of aliphatic hydroxyl groups excluding tert-OH is 1. The summed E-state index contributed by atoms with van der Waals surface area (Å²) in [5.74, 6) is 0.0859.